The molecule has 172 valence electrons. The number of amides is 1. The molecule has 8 nitrogen and oxygen atoms in total. The van der Waals surface area contributed by atoms with Crippen molar-refractivity contribution in [1.82, 2.24) is 24.8 Å². The van der Waals surface area contributed by atoms with Gasteiger partial charge in [-0.3, -0.25) is 4.98 Å². The zero-order valence-corrected chi connectivity index (χ0v) is 19.8. The summed E-state index contributed by atoms with van der Waals surface area (Å²) in [4.78, 5) is 31.5. The highest BCUT2D eigenvalue weighted by atomic mass is 35.5. The second kappa shape index (κ2) is 8.94. The molecule has 0 aliphatic carbocycles. The van der Waals surface area contributed by atoms with E-state index in [1.807, 2.05) is 20.8 Å². The lowest BCUT2D eigenvalue weighted by molar-refractivity contribution is -0.0279. The molecule has 0 spiro atoms. The van der Waals surface area contributed by atoms with Crippen molar-refractivity contribution in [3.05, 3.63) is 59.8 Å². The van der Waals surface area contributed by atoms with Crippen molar-refractivity contribution in [2.45, 2.75) is 39.7 Å². The summed E-state index contributed by atoms with van der Waals surface area (Å²) in [5.41, 5.74) is 1.68. The Balaban J connectivity index is 1.38. The molecule has 0 N–H and O–H groups in total. The van der Waals surface area contributed by atoms with Gasteiger partial charge < -0.3 is 14.4 Å². The average molecular weight is 468 g/mol. The highest BCUT2D eigenvalue weighted by Crippen LogP contribution is 2.34. The lowest BCUT2D eigenvalue weighted by atomic mass is 9.78. The molecular weight excluding hydrogens is 442 g/mol. The summed E-state index contributed by atoms with van der Waals surface area (Å²) >= 11 is 5.98. The summed E-state index contributed by atoms with van der Waals surface area (Å²) in [5.74, 6) is 0.561. The molecule has 9 heteroatoms. The van der Waals surface area contributed by atoms with E-state index in [2.05, 4.69) is 21.9 Å². The van der Waals surface area contributed by atoms with Gasteiger partial charge in [0.15, 0.2) is 0 Å². The lowest BCUT2D eigenvalue weighted by Gasteiger charge is -2.47. The molecule has 1 saturated heterocycles. The minimum atomic E-state index is -0.500. The van der Waals surface area contributed by atoms with Gasteiger partial charge in [0.05, 0.1) is 17.6 Å². The molecule has 2 aromatic heterocycles. The highest BCUT2D eigenvalue weighted by molar-refractivity contribution is 6.30. The summed E-state index contributed by atoms with van der Waals surface area (Å²) in [6, 6.07) is 7.25. The molecule has 0 saturated carbocycles. The van der Waals surface area contributed by atoms with Crippen molar-refractivity contribution in [2.75, 3.05) is 13.1 Å². The van der Waals surface area contributed by atoms with Crippen LogP contribution in [0.15, 0.2) is 49.1 Å². The zero-order chi connectivity index (χ0) is 23.6. The first-order valence-corrected chi connectivity index (χ1v) is 11.0. The predicted molar refractivity (Wildman–Crippen MR) is 124 cm³/mol. The van der Waals surface area contributed by atoms with Gasteiger partial charge in [-0.1, -0.05) is 24.6 Å². The summed E-state index contributed by atoms with van der Waals surface area (Å²) in [7, 11) is 0. The highest BCUT2D eigenvalue weighted by Gasteiger charge is 2.43. The first-order valence-electron chi connectivity index (χ1n) is 10.6. The maximum Gasteiger partial charge on any atom is 0.410 e. The molecule has 0 bridgehead atoms. The fourth-order valence-electron chi connectivity index (χ4n) is 3.65. The largest absolute Gasteiger partial charge is 0.444 e. The lowest BCUT2D eigenvalue weighted by Crippen LogP contribution is -2.58. The average Bonchev–Trinajstić information content (AvgIpc) is 2.71. The quantitative estimate of drug-likeness (QED) is 0.510. The monoisotopic (exact) mass is 467 g/mol. The van der Waals surface area contributed by atoms with Crippen LogP contribution in [-0.4, -0.2) is 49.6 Å². The van der Waals surface area contributed by atoms with E-state index in [-0.39, 0.29) is 17.5 Å². The first-order chi connectivity index (χ1) is 15.6. The molecule has 0 atom stereocenters. The number of benzene rings is 1. The summed E-state index contributed by atoms with van der Waals surface area (Å²) < 4.78 is 11.1. The van der Waals surface area contributed by atoms with E-state index in [4.69, 9.17) is 26.1 Å². The number of nitrogens with zero attached hydrogens (tertiary/aromatic N) is 5. The van der Waals surface area contributed by atoms with Gasteiger partial charge in [0.2, 0.25) is 0 Å². The second-order valence-electron chi connectivity index (χ2n) is 9.53. The van der Waals surface area contributed by atoms with Crippen molar-refractivity contribution < 1.29 is 14.3 Å². The van der Waals surface area contributed by atoms with Gasteiger partial charge >= 0.3 is 12.1 Å². The van der Waals surface area contributed by atoms with Crippen LogP contribution in [0.2, 0.25) is 5.02 Å². The third kappa shape index (κ3) is 5.96. The minimum absolute atomic E-state index is 0.0740. The number of likely N-dealkylation sites (tertiary alicyclic amines) is 1. The number of carbonyl (C=O) groups excluding carboxylic acids is 1. The molecule has 3 heterocycles. The Morgan fingerprint density at radius 1 is 1.15 bits per heavy atom. The molecule has 0 unspecified atom stereocenters. The number of hydrogen-bond donors (Lipinski definition) is 0. The van der Waals surface area contributed by atoms with Gasteiger partial charge in [-0.15, -0.1) is 0 Å². The molecule has 1 amide bonds. The Hall–Kier alpha value is -3.26. The Morgan fingerprint density at radius 2 is 1.88 bits per heavy atom. The molecule has 33 heavy (non-hydrogen) atoms. The van der Waals surface area contributed by atoms with Crippen LogP contribution in [0.3, 0.4) is 0 Å². The predicted octanol–water partition coefficient (Wildman–Crippen LogP) is 5.18. The Kier molecular flexibility index (Phi) is 6.21. The Morgan fingerprint density at radius 3 is 2.55 bits per heavy atom. The number of halogens is 1. The minimum Gasteiger partial charge on any atom is -0.444 e. The first kappa shape index (κ1) is 22.9. The van der Waals surface area contributed by atoms with Crippen molar-refractivity contribution in [2.24, 2.45) is 5.41 Å². The van der Waals surface area contributed by atoms with E-state index in [9.17, 15) is 4.79 Å². The topological polar surface area (TPSA) is 90.3 Å². The van der Waals surface area contributed by atoms with Crippen LogP contribution in [0.1, 0.15) is 33.4 Å². The van der Waals surface area contributed by atoms with Crippen LogP contribution in [0, 0.1) is 5.41 Å². The van der Waals surface area contributed by atoms with Crippen LogP contribution in [0.25, 0.3) is 11.3 Å². The third-order valence-corrected chi connectivity index (χ3v) is 5.25. The van der Waals surface area contributed by atoms with Crippen LogP contribution >= 0.6 is 11.6 Å². The van der Waals surface area contributed by atoms with E-state index < -0.39 is 5.60 Å². The summed E-state index contributed by atoms with van der Waals surface area (Å²) in [6.07, 6.45) is 7.14. The molecular formula is C24H26ClN5O3. The number of ether oxygens (including phenoxy) is 2. The molecule has 1 fully saturated rings. The standard InChI is InChI=1S/C24H26ClN5O3/c1-23(2,3)33-22(31)30-14-24(4,15-30)9-18-12-26-13-20(29-18)16-10-27-21(28-11-16)32-19-7-5-6-17(25)8-19/h5-8,10-13H,9,14-15H2,1-4H3. The number of aromatic nitrogens is 4. The third-order valence-electron chi connectivity index (χ3n) is 5.02. The molecule has 1 aliphatic heterocycles. The van der Waals surface area contributed by atoms with Crippen molar-refractivity contribution in [3.8, 4) is 23.0 Å². The maximum absolute atomic E-state index is 12.2. The van der Waals surface area contributed by atoms with Gasteiger partial charge in [0.25, 0.3) is 0 Å². The second-order valence-corrected chi connectivity index (χ2v) is 9.97. The Bertz CT molecular complexity index is 1140. The number of carbonyl (C=O) groups is 1. The molecule has 3 aromatic rings. The zero-order valence-electron chi connectivity index (χ0n) is 19.1. The van der Waals surface area contributed by atoms with Crippen molar-refractivity contribution in [1.29, 1.82) is 0 Å². The van der Waals surface area contributed by atoms with E-state index in [0.717, 1.165) is 11.3 Å². The van der Waals surface area contributed by atoms with E-state index in [1.54, 1.807) is 54.0 Å². The smallest absolute Gasteiger partial charge is 0.410 e. The van der Waals surface area contributed by atoms with Crippen molar-refractivity contribution in [3.63, 3.8) is 0 Å². The SMILES string of the molecule is CC1(Cc2cncc(-c3cnc(Oc4cccc(Cl)c4)nc3)n2)CN(C(=O)OC(C)(C)C)C1. The van der Waals surface area contributed by atoms with Crippen LogP contribution in [-0.2, 0) is 11.2 Å². The van der Waals surface area contributed by atoms with Crippen LogP contribution < -0.4 is 4.74 Å². The van der Waals surface area contributed by atoms with Gasteiger partial charge in [0, 0.05) is 47.7 Å². The van der Waals surface area contributed by atoms with E-state index >= 15 is 0 Å². The van der Waals surface area contributed by atoms with E-state index in [0.29, 0.717) is 36.0 Å². The van der Waals surface area contributed by atoms with Gasteiger partial charge in [-0.2, -0.15) is 0 Å². The normalized spacial score (nSPS) is 15.0. The molecule has 4 rings (SSSR count). The van der Waals surface area contributed by atoms with Crippen LogP contribution in [0.5, 0.6) is 11.8 Å². The number of hydrogen-bond acceptors (Lipinski definition) is 7. The fourth-order valence-corrected chi connectivity index (χ4v) is 3.83. The van der Waals surface area contributed by atoms with Gasteiger partial charge in [-0.25, -0.2) is 19.7 Å². The van der Waals surface area contributed by atoms with Gasteiger partial charge in [-0.05, 0) is 45.4 Å². The fraction of sp³-hybridized carbons (Fsp3) is 0.375. The van der Waals surface area contributed by atoms with Gasteiger partial charge in [0.1, 0.15) is 11.4 Å². The Labute approximate surface area is 198 Å². The molecule has 1 aromatic carbocycles. The maximum atomic E-state index is 12.2. The molecule has 0 radical (unpaired) electrons. The number of rotatable bonds is 5. The van der Waals surface area contributed by atoms with Crippen molar-refractivity contribution >= 4 is 17.7 Å². The van der Waals surface area contributed by atoms with E-state index in [1.165, 1.54) is 0 Å². The van der Waals surface area contributed by atoms with Crippen LogP contribution in [0.4, 0.5) is 4.79 Å². The summed E-state index contributed by atoms with van der Waals surface area (Å²) in [6.45, 7) is 8.96. The molecule has 1 aliphatic rings. The summed E-state index contributed by atoms with van der Waals surface area (Å²) in [5, 5.41) is 0.575.